The van der Waals surface area contributed by atoms with E-state index in [9.17, 15) is 23.2 Å². The van der Waals surface area contributed by atoms with Crippen molar-refractivity contribution in [1.29, 1.82) is 0 Å². The molecule has 8 aromatic rings. The van der Waals surface area contributed by atoms with Crippen LogP contribution in [0.5, 0.6) is 11.5 Å². The molecule has 3 saturated heterocycles. The number of H-pyrrole nitrogens is 1. The van der Waals surface area contributed by atoms with Gasteiger partial charge in [0.15, 0.2) is 23.1 Å². The molecule has 1 N–H and O–H groups in total. The molecule has 92 heavy (non-hydrogen) atoms. The summed E-state index contributed by atoms with van der Waals surface area (Å²) in [6.45, 7) is 16.4. The molecule has 3 aliphatic rings. The summed E-state index contributed by atoms with van der Waals surface area (Å²) in [5.41, 5.74) is 4.76. The molecule has 26 heteroatoms. The Morgan fingerprint density at radius 2 is 1.15 bits per heavy atom. The molecule has 4 aromatic carbocycles. The highest BCUT2D eigenvalue weighted by atomic mass is 79.9. The molecule has 3 fully saturated rings. The molecule has 20 nitrogen and oxygen atoms in total. The lowest BCUT2D eigenvalue weighted by atomic mass is 9.82. The van der Waals surface area contributed by atoms with Gasteiger partial charge >= 0.3 is 25.3 Å². The summed E-state index contributed by atoms with van der Waals surface area (Å²) in [6, 6.07) is 35.7. The monoisotopic (exact) mass is 1360 g/mol. The molecule has 0 saturated carbocycles. The number of benzene rings is 4. The number of methoxy groups -OCH3 is 2. The Balaban J connectivity index is 0.000000223. The fraction of sp³-hybridized carbons (Fsp3) is 0.348. The number of ether oxygens (including phenoxy) is 5. The van der Waals surface area contributed by atoms with Gasteiger partial charge in [0, 0.05) is 65.1 Å². The summed E-state index contributed by atoms with van der Waals surface area (Å²) >= 11 is 3.37. The molecule has 0 aliphatic carbocycles. The number of carbonyl (C=O) groups excluding carboxylic acids is 3. The van der Waals surface area contributed by atoms with Crippen LogP contribution in [0.25, 0.3) is 11.1 Å². The summed E-state index contributed by atoms with van der Waals surface area (Å²) in [7, 11) is 2.31. The third kappa shape index (κ3) is 18.7. The number of aromatic nitrogens is 6. The second-order valence-corrected chi connectivity index (χ2v) is 24.2. The number of amides is 4. The highest BCUT2D eigenvalue weighted by molar-refractivity contribution is 9.10. The number of aromatic amines is 1. The van der Waals surface area contributed by atoms with Crippen LogP contribution in [0.2, 0.25) is 0 Å². The van der Waals surface area contributed by atoms with Crippen molar-refractivity contribution in [2.45, 2.75) is 111 Å². The first-order chi connectivity index (χ1) is 42.6. The maximum atomic E-state index is 13.9. The maximum absolute atomic E-state index is 13.9. The van der Waals surface area contributed by atoms with Gasteiger partial charge in [0.2, 0.25) is 0 Å². The van der Waals surface area contributed by atoms with Crippen molar-refractivity contribution < 1.29 is 56.2 Å². The van der Waals surface area contributed by atoms with E-state index >= 15 is 0 Å². The number of anilines is 2. The molecule has 0 unspecified atom stereocenters. The van der Waals surface area contributed by atoms with Crippen molar-refractivity contribution >= 4 is 85.3 Å². The van der Waals surface area contributed by atoms with E-state index in [1.807, 2.05) is 127 Å². The van der Waals surface area contributed by atoms with Crippen LogP contribution in [-0.2, 0) is 49.8 Å². The van der Waals surface area contributed by atoms with Gasteiger partial charge in [-0.2, -0.15) is 41.9 Å². The zero-order valence-corrected chi connectivity index (χ0v) is 55.7. The number of nitrogens with zero attached hydrogens (tertiary/aromatic N) is 9. The molecule has 3 aliphatic heterocycles. The zero-order chi connectivity index (χ0) is 63.5. The van der Waals surface area contributed by atoms with E-state index in [0.717, 1.165) is 42.5 Å². The quantitative estimate of drug-likeness (QED) is 0.0795. The van der Waals surface area contributed by atoms with Crippen LogP contribution >= 0.6 is 42.9 Å². The normalized spacial score (nSPS) is 16.3. The minimum absolute atomic E-state index is 0. The van der Waals surface area contributed by atoms with Gasteiger partial charge < -0.3 is 42.8 Å². The van der Waals surface area contributed by atoms with Crippen LogP contribution < -0.4 is 24.7 Å². The van der Waals surface area contributed by atoms with Gasteiger partial charge in [0.05, 0.1) is 83.2 Å². The molecule has 2 atom stereocenters. The average Bonchev–Trinajstić information content (AvgIpc) is 1.75. The first-order valence-electron chi connectivity index (χ1n) is 28.8. The second-order valence-electron chi connectivity index (χ2n) is 23.3. The van der Waals surface area contributed by atoms with Crippen molar-refractivity contribution in [2.24, 2.45) is 0 Å². The smallest absolute Gasteiger partial charge is 0.494 e. The molecule has 490 valence electrons. The Morgan fingerprint density at radius 3 is 1.58 bits per heavy atom. The molecule has 7 heterocycles. The number of nitrogens with one attached hydrogen (secondary N) is 1. The van der Waals surface area contributed by atoms with E-state index in [2.05, 4.69) is 41.2 Å². The summed E-state index contributed by atoms with van der Waals surface area (Å²) in [6.07, 6.45) is 9.51. The van der Waals surface area contributed by atoms with Crippen molar-refractivity contribution in [1.82, 2.24) is 39.7 Å². The minimum Gasteiger partial charge on any atom is -0.494 e. The Bertz CT molecular complexity index is 3640. The number of halogens is 3. The second kappa shape index (κ2) is 32.6. The first-order valence-corrected chi connectivity index (χ1v) is 29.6. The summed E-state index contributed by atoms with van der Waals surface area (Å²) in [5, 5.41) is 10.8. The van der Waals surface area contributed by atoms with Gasteiger partial charge in [-0.1, -0.05) is 80.2 Å². The molecule has 0 radical (unpaired) electrons. The van der Waals surface area contributed by atoms with Crippen LogP contribution in [0.1, 0.15) is 78.1 Å². The first kappa shape index (κ1) is 73.2. The Morgan fingerprint density at radius 1 is 0.663 bits per heavy atom. The largest absolute Gasteiger partial charge is 0.498 e. The highest BCUT2D eigenvalue weighted by Crippen LogP contribution is 2.37. The van der Waals surface area contributed by atoms with Crippen molar-refractivity contribution in [3.05, 3.63) is 197 Å². The predicted octanol–water partition coefficient (Wildman–Crippen LogP) is 12.5. The lowest BCUT2D eigenvalue weighted by molar-refractivity contribution is 0.00578. The summed E-state index contributed by atoms with van der Waals surface area (Å²) in [5.74, 6) is 0.541. The fourth-order valence-corrected chi connectivity index (χ4v) is 9.97. The molecular formula is C66H80BBrF2N10O10S2. The number of urea groups is 2. The highest BCUT2D eigenvalue weighted by Gasteiger charge is 2.52. The molecule has 11 rings (SSSR count). The average molecular weight is 1370 g/mol. The summed E-state index contributed by atoms with van der Waals surface area (Å²) < 4.78 is 69.0. The van der Waals surface area contributed by atoms with E-state index in [4.69, 9.17) is 33.0 Å². The molecule has 0 spiro atoms. The van der Waals surface area contributed by atoms with Crippen molar-refractivity contribution in [3.8, 4) is 22.6 Å². The number of hydrogen-bond acceptors (Lipinski definition) is 14. The van der Waals surface area contributed by atoms with E-state index in [1.165, 1.54) is 26.4 Å². The van der Waals surface area contributed by atoms with Gasteiger partial charge in [0.1, 0.15) is 17.2 Å². The van der Waals surface area contributed by atoms with Gasteiger partial charge in [-0.3, -0.25) is 14.9 Å². The van der Waals surface area contributed by atoms with Crippen molar-refractivity contribution in [3.63, 3.8) is 0 Å². The zero-order valence-electron chi connectivity index (χ0n) is 52.1. The Kier molecular flexibility index (Phi) is 26.0. The third-order valence-corrected chi connectivity index (χ3v) is 15.6. The van der Waals surface area contributed by atoms with Crippen LogP contribution in [0.3, 0.4) is 0 Å². The maximum Gasteiger partial charge on any atom is 0.498 e. The summed E-state index contributed by atoms with van der Waals surface area (Å²) in [4.78, 5) is 54.4. The van der Waals surface area contributed by atoms with Crippen LogP contribution in [-0.4, -0.2) is 134 Å². The fourth-order valence-electron chi connectivity index (χ4n) is 9.73. The third-order valence-electron chi connectivity index (χ3n) is 15.2. The predicted molar refractivity (Wildman–Crippen MR) is 363 cm³/mol. The minimum atomic E-state index is -0.562. The number of carbonyl (C=O) groups is 3. The lowest BCUT2D eigenvalue weighted by Gasteiger charge is -2.32. The van der Waals surface area contributed by atoms with E-state index in [1.54, 1.807) is 87.1 Å². The Hall–Kier alpha value is -7.85. The van der Waals surface area contributed by atoms with Gasteiger partial charge in [0.25, 0.3) is 0 Å². The topological polar surface area (TPSA) is 201 Å². The SMILES string of the molecule is C.CC(C)(C)OC(=O)n1cc(B2OC(C)(C)C(C)(C)O2)cn1.COc1cc(CN2C(=O)N(c3ccc(-c4cn[nH]c4)cn3)C[C@H]2COCc2ccccc2)ccc1F.COc1cc(CN2C(=O)N(c3ccc(Br)cn3)C[C@H]2COCc2ccccc2)ccc1F.S.S. The van der Waals surface area contributed by atoms with Crippen LogP contribution in [0.4, 0.5) is 34.8 Å². The number of rotatable bonds is 18. The molecule has 4 aromatic heterocycles. The van der Waals surface area contributed by atoms with Gasteiger partial charge in [-0.25, -0.2) is 33.1 Å². The lowest BCUT2D eigenvalue weighted by Crippen LogP contribution is -2.41. The van der Waals surface area contributed by atoms with E-state index in [-0.39, 0.29) is 70.1 Å². The van der Waals surface area contributed by atoms with Gasteiger partial charge in [-0.15, -0.1) is 0 Å². The molecular weight excluding hydrogens is 1290 g/mol. The van der Waals surface area contributed by atoms with Gasteiger partial charge in [-0.05, 0) is 135 Å². The Labute approximate surface area is 559 Å². The number of pyridine rings is 2. The van der Waals surface area contributed by atoms with Crippen LogP contribution in [0.15, 0.2) is 163 Å². The van der Waals surface area contributed by atoms with Crippen LogP contribution in [0, 0.1) is 11.6 Å². The molecule has 4 amide bonds. The standard InChI is InChI=1S/C27H26FN5O3.C24H23BrFN3O3.C14H23BN2O4.CH4.2H2S/c1-35-25-11-20(7-9-24(25)28)15-32-23(18-36-17-19-5-3-2-4-6-19)16-33(27(32)34)26-10-8-21(12-29-26)22-13-30-31-14-22;1-31-22-11-18(7-9-21(22)26)13-28-20(16-32-15-17-5-3-2-4-6-17)14-29(24(28)30)23-10-8-19(25)12-27-23;1-12(2,3)19-11(18)17-9-10(8-16-17)15-20-13(4,5)14(6,7)21-15;;;/h2-14,23H,15-18H2,1H3,(H,30,31);2-12,20H,13-16H2,1H3;8-9H,1-7H3;1H4;2*1H2/t23-;20-;;;;/m00..../s1. The van der Waals surface area contributed by atoms with Crippen molar-refractivity contribution in [2.75, 3.05) is 50.3 Å². The molecule has 0 bridgehead atoms. The van der Waals surface area contributed by atoms with E-state index in [0.29, 0.717) is 69.7 Å². The van der Waals surface area contributed by atoms with E-state index < -0.39 is 41.6 Å². The number of hydrogen-bond donors (Lipinski definition) is 1.